The largest absolute Gasteiger partial charge is 0.394 e. The molecule has 0 aliphatic carbocycles. The van der Waals surface area contributed by atoms with Gasteiger partial charge in [-0.25, -0.2) is 0 Å². The Bertz CT molecular complexity index is 680. The molecule has 0 amide bonds. The maximum Gasteiger partial charge on any atom is 0.287 e. The second-order valence-corrected chi connectivity index (χ2v) is 4.39. The van der Waals surface area contributed by atoms with Gasteiger partial charge >= 0.3 is 0 Å². The minimum Gasteiger partial charge on any atom is -0.394 e. The van der Waals surface area contributed by atoms with Gasteiger partial charge in [-0.3, -0.25) is 10.1 Å². The van der Waals surface area contributed by atoms with Gasteiger partial charge in [0.2, 0.25) is 0 Å². The summed E-state index contributed by atoms with van der Waals surface area (Å²) >= 11 is 0. The lowest BCUT2D eigenvalue weighted by atomic mass is 10.1. The Morgan fingerprint density at radius 1 is 1.29 bits per heavy atom. The molecule has 0 bridgehead atoms. The highest BCUT2D eigenvalue weighted by atomic mass is 16.6. The van der Waals surface area contributed by atoms with Crippen molar-refractivity contribution in [3.8, 4) is 6.07 Å². The predicted molar refractivity (Wildman–Crippen MR) is 77.7 cm³/mol. The zero-order valence-corrected chi connectivity index (χ0v) is 11.1. The Morgan fingerprint density at radius 3 is 2.57 bits per heavy atom. The maximum absolute atomic E-state index is 10.8. The quantitative estimate of drug-likeness (QED) is 0.649. The molecule has 21 heavy (non-hydrogen) atoms. The van der Waals surface area contributed by atoms with Crippen molar-refractivity contribution in [1.82, 2.24) is 0 Å². The topological polar surface area (TPSA) is 99.2 Å². The Morgan fingerprint density at radius 2 is 2.00 bits per heavy atom. The standard InChI is InChI=1S/C15H13N3O3/c16-9-12-8-13(6-7-15(12)18(20)21)17-14(10-19)11-4-2-1-3-5-11/h1-8,14,17,19H,10H2. The first-order valence-electron chi connectivity index (χ1n) is 6.26. The van der Waals surface area contributed by atoms with Crippen LogP contribution in [0, 0.1) is 21.4 Å². The van der Waals surface area contributed by atoms with E-state index in [9.17, 15) is 15.2 Å². The van der Waals surface area contributed by atoms with Gasteiger partial charge in [0.15, 0.2) is 0 Å². The molecule has 0 heterocycles. The van der Waals surface area contributed by atoms with Crippen LogP contribution in [0.3, 0.4) is 0 Å². The van der Waals surface area contributed by atoms with Crippen LogP contribution in [0.2, 0.25) is 0 Å². The maximum atomic E-state index is 10.8. The van der Waals surface area contributed by atoms with Gasteiger partial charge in [-0.1, -0.05) is 30.3 Å². The van der Waals surface area contributed by atoms with Gasteiger partial charge in [-0.05, 0) is 17.7 Å². The van der Waals surface area contributed by atoms with Crippen molar-refractivity contribution in [1.29, 1.82) is 5.26 Å². The molecule has 0 aliphatic rings. The van der Waals surface area contributed by atoms with Gasteiger partial charge in [-0.2, -0.15) is 5.26 Å². The number of hydrogen-bond donors (Lipinski definition) is 2. The molecule has 106 valence electrons. The molecular weight excluding hydrogens is 270 g/mol. The smallest absolute Gasteiger partial charge is 0.287 e. The lowest BCUT2D eigenvalue weighted by Crippen LogP contribution is -2.14. The second-order valence-electron chi connectivity index (χ2n) is 4.39. The number of rotatable bonds is 5. The van der Waals surface area contributed by atoms with Gasteiger partial charge in [0.05, 0.1) is 17.6 Å². The zero-order valence-electron chi connectivity index (χ0n) is 11.1. The third-order valence-corrected chi connectivity index (χ3v) is 3.04. The van der Waals surface area contributed by atoms with Crippen LogP contribution >= 0.6 is 0 Å². The molecule has 0 radical (unpaired) electrons. The van der Waals surface area contributed by atoms with Crippen LogP contribution in [0.25, 0.3) is 0 Å². The van der Waals surface area contributed by atoms with Crippen molar-refractivity contribution in [2.24, 2.45) is 0 Å². The monoisotopic (exact) mass is 283 g/mol. The summed E-state index contributed by atoms with van der Waals surface area (Å²) in [5.74, 6) is 0. The van der Waals surface area contributed by atoms with Crippen molar-refractivity contribution in [2.45, 2.75) is 6.04 Å². The average Bonchev–Trinajstić information content (AvgIpc) is 2.53. The van der Waals surface area contributed by atoms with Crippen molar-refractivity contribution in [2.75, 3.05) is 11.9 Å². The molecule has 6 nitrogen and oxygen atoms in total. The number of aliphatic hydroxyl groups excluding tert-OH is 1. The highest BCUT2D eigenvalue weighted by molar-refractivity contribution is 5.59. The molecule has 2 aromatic carbocycles. The first-order chi connectivity index (χ1) is 10.2. The van der Waals surface area contributed by atoms with Crippen LogP contribution in [0.5, 0.6) is 0 Å². The van der Waals surface area contributed by atoms with E-state index in [2.05, 4.69) is 5.32 Å². The number of nitro groups is 1. The number of hydrogen-bond acceptors (Lipinski definition) is 5. The molecule has 0 saturated heterocycles. The van der Waals surface area contributed by atoms with Crippen LogP contribution < -0.4 is 5.32 Å². The summed E-state index contributed by atoms with van der Waals surface area (Å²) in [6.45, 7) is -0.136. The Hall–Kier alpha value is -2.91. The Balaban J connectivity index is 2.27. The predicted octanol–water partition coefficient (Wildman–Crippen LogP) is 2.61. The van der Waals surface area contributed by atoms with Gasteiger partial charge in [-0.15, -0.1) is 0 Å². The molecule has 2 N–H and O–H groups in total. The zero-order chi connectivity index (χ0) is 15.2. The van der Waals surface area contributed by atoms with E-state index in [0.29, 0.717) is 5.69 Å². The van der Waals surface area contributed by atoms with Crippen LogP contribution in [-0.4, -0.2) is 16.6 Å². The van der Waals surface area contributed by atoms with Crippen molar-refractivity contribution in [3.63, 3.8) is 0 Å². The van der Waals surface area contributed by atoms with Gasteiger partial charge in [0.25, 0.3) is 5.69 Å². The molecule has 2 rings (SSSR count). The number of nitriles is 1. The molecule has 6 heteroatoms. The van der Waals surface area contributed by atoms with E-state index in [1.807, 2.05) is 30.3 Å². The summed E-state index contributed by atoms with van der Waals surface area (Å²) in [5.41, 5.74) is 1.18. The Kier molecular flexibility index (Phi) is 4.49. The molecule has 1 unspecified atom stereocenters. The molecule has 0 aromatic heterocycles. The molecular formula is C15H13N3O3. The number of nitrogens with one attached hydrogen (secondary N) is 1. The fraction of sp³-hybridized carbons (Fsp3) is 0.133. The minimum atomic E-state index is -0.594. The fourth-order valence-corrected chi connectivity index (χ4v) is 2.00. The van der Waals surface area contributed by atoms with Crippen molar-refractivity contribution < 1.29 is 10.0 Å². The summed E-state index contributed by atoms with van der Waals surface area (Å²) in [4.78, 5) is 10.2. The number of nitro benzene ring substituents is 1. The second kappa shape index (κ2) is 6.50. The molecule has 0 spiro atoms. The van der Waals surface area contributed by atoms with E-state index in [1.165, 1.54) is 18.2 Å². The van der Waals surface area contributed by atoms with E-state index in [1.54, 1.807) is 6.07 Å². The number of anilines is 1. The first-order valence-corrected chi connectivity index (χ1v) is 6.26. The molecule has 2 aromatic rings. The summed E-state index contributed by atoms with van der Waals surface area (Å²) in [6.07, 6.45) is 0. The van der Waals surface area contributed by atoms with E-state index in [-0.39, 0.29) is 23.9 Å². The SMILES string of the molecule is N#Cc1cc(NC(CO)c2ccccc2)ccc1[N+](=O)[O-]. The van der Waals surface area contributed by atoms with Crippen molar-refractivity contribution in [3.05, 3.63) is 69.8 Å². The molecule has 0 aliphatic heterocycles. The van der Waals surface area contributed by atoms with Crippen LogP contribution in [0.15, 0.2) is 48.5 Å². The van der Waals surface area contributed by atoms with E-state index in [4.69, 9.17) is 5.26 Å². The summed E-state index contributed by atoms with van der Waals surface area (Å²) in [5, 5.41) is 32.3. The van der Waals surface area contributed by atoms with Crippen LogP contribution in [0.1, 0.15) is 17.2 Å². The minimum absolute atomic E-state index is 0.0187. The highest BCUT2D eigenvalue weighted by Gasteiger charge is 2.15. The Labute approximate surface area is 121 Å². The van der Waals surface area contributed by atoms with Gasteiger partial charge in [0.1, 0.15) is 11.6 Å². The lowest BCUT2D eigenvalue weighted by Gasteiger charge is -2.18. The highest BCUT2D eigenvalue weighted by Crippen LogP contribution is 2.25. The number of benzene rings is 2. The van der Waals surface area contributed by atoms with E-state index >= 15 is 0 Å². The normalized spacial score (nSPS) is 11.4. The summed E-state index contributed by atoms with van der Waals surface area (Å²) in [6, 6.07) is 15.0. The number of nitrogens with zero attached hydrogens (tertiary/aromatic N) is 2. The first kappa shape index (κ1) is 14.5. The van der Waals surface area contributed by atoms with Crippen LogP contribution in [0.4, 0.5) is 11.4 Å². The van der Waals surface area contributed by atoms with Crippen LogP contribution in [-0.2, 0) is 0 Å². The van der Waals surface area contributed by atoms with Gasteiger partial charge in [0, 0.05) is 11.8 Å². The average molecular weight is 283 g/mol. The third kappa shape index (κ3) is 3.35. The lowest BCUT2D eigenvalue weighted by molar-refractivity contribution is -0.385. The fourth-order valence-electron chi connectivity index (χ4n) is 2.00. The van der Waals surface area contributed by atoms with Gasteiger partial charge < -0.3 is 10.4 Å². The van der Waals surface area contributed by atoms with E-state index < -0.39 is 4.92 Å². The summed E-state index contributed by atoms with van der Waals surface area (Å²) in [7, 11) is 0. The van der Waals surface area contributed by atoms with Crippen molar-refractivity contribution >= 4 is 11.4 Å². The molecule has 1 atom stereocenters. The summed E-state index contributed by atoms with van der Waals surface area (Å²) < 4.78 is 0. The third-order valence-electron chi connectivity index (χ3n) is 3.04. The molecule has 0 fully saturated rings. The number of aliphatic hydroxyl groups is 1. The van der Waals surface area contributed by atoms with E-state index in [0.717, 1.165) is 5.56 Å². The molecule has 0 saturated carbocycles.